The van der Waals surface area contributed by atoms with Crippen molar-refractivity contribution in [3.63, 3.8) is 0 Å². The number of amides is 2. The molecule has 7 nitrogen and oxygen atoms in total. The number of hydrogen-bond acceptors (Lipinski definition) is 5. The Morgan fingerprint density at radius 2 is 1.71 bits per heavy atom. The van der Waals surface area contributed by atoms with Crippen molar-refractivity contribution in [3.05, 3.63) is 59.7 Å². The minimum absolute atomic E-state index is 0.0180. The van der Waals surface area contributed by atoms with E-state index in [-0.39, 0.29) is 30.7 Å². The Hall–Kier alpha value is -3.00. The Balaban J connectivity index is 1.18. The number of likely N-dealkylation sites (tertiary alicyclic amines) is 1. The first-order chi connectivity index (χ1) is 16.3. The van der Waals surface area contributed by atoms with Crippen LogP contribution in [0.15, 0.2) is 48.5 Å². The molecule has 2 aromatic carbocycles. The molecule has 2 aromatic rings. The van der Waals surface area contributed by atoms with Crippen LogP contribution in [0.4, 0.5) is 4.79 Å². The number of aliphatic carboxylic acids is 1. The Bertz CT molecular complexity index is 1040. The number of rotatable bonds is 8. The largest absolute Gasteiger partial charge is 0.481 e. The van der Waals surface area contributed by atoms with E-state index in [0.29, 0.717) is 18.8 Å². The van der Waals surface area contributed by atoms with Crippen molar-refractivity contribution in [2.45, 2.75) is 19.8 Å². The zero-order chi connectivity index (χ0) is 24.3. The molecule has 1 atom stereocenters. The fourth-order valence-corrected chi connectivity index (χ4v) is 5.61. The minimum atomic E-state index is -0.861. The molecule has 0 saturated carbocycles. The summed E-state index contributed by atoms with van der Waals surface area (Å²) in [6.07, 6.45) is -0.473. The number of nitrogens with zero attached hydrogens (tertiary/aromatic N) is 1. The number of benzene rings is 2. The predicted octanol–water partition coefficient (Wildman–Crippen LogP) is 3.83. The number of hydrogen-bond donors (Lipinski definition) is 2. The predicted molar refractivity (Wildman–Crippen MR) is 132 cm³/mol. The lowest BCUT2D eigenvalue weighted by atomic mass is 9.82. The van der Waals surface area contributed by atoms with Crippen LogP contribution in [0.2, 0.25) is 0 Å². The molecule has 8 heteroatoms. The standard InChI is InChI=1S/C26H30N2O5S/c1-26(2)16-28(13-22(26)24(30)31)23(29)15-34-12-11-27-25(32)33-14-21-19-9-5-3-7-17(19)18-8-4-6-10-20(18)21/h3-10,21-22H,11-16H2,1-2H3,(H,27,32)(H,30,31). The van der Waals surface area contributed by atoms with Gasteiger partial charge < -0.3 is 20.1 Å². The fraction of sp³-hybridized carbons (Fsp3) is 0.423. The number of carbonyl (C=O) groups is 3. The average molecular weight is 483 g/mol. The number of carboxylic acids is 1. The first kappa shape index (κ1) is 24.1. The number of ether oxygens (including phenoxy) is 1. The highest BCUT2D eigenvalue weighted by molar-refractivity contribution is 7.99. The summed E-state index contributed by atoms with van der Waals surface area (Å²) < 4.78 is 5.52. The number of nitrogens with one attached hydrogen (secondary N) is 1. The third-order valence-electron chi connectivity index (χ3n) is 6.68. The molecule has 2 amide bonds. The number of carbonyl (C=O) groups excluding carboxylic acids is 2. The van der Waals surface area contributed by atoms with E-state index in [9.17, 15) is 19.5 Å². The molecule has 0 aromatic heterocycles. The third kappa shape index (κ3) is 5.06. The van der Waals surface area contributed by atoms with Gasteiger partial charge in [-0.2, -0.15) is 11.8 Å². The SMILES string of the molecule is CC1(C)CN(C(=O)CSCCNC(=O)OCC2c3ccccc3-c3ccccc32)CC1C(=O)O. The second-order valence-electron chi connectivity index (χ2n) is 9.46. The van der Waals surface area contributed by atoms with E-state index in [1.54, 1.807) is 4.90 Å². The Morgan fingerprint density at radius 1 is 1.09 bits per heavy atom. The Kier molecular flexibility index (Phi) is 7.16. The molecule has 1 unspecified atom stereocenters. The van der Waals surface area contributed by atoms with Crippen LogP contribution in [-0.4, -0.2) is 65.7 Å². The van der Waals surface area contributed by atoms with Gasteiger partial charge in [-0.05, 0) is 27.7 Å². The summed E-state index contributed by atoms with van der Waals surface area (Å²) in [5.74, 6) is -0.631. The summed E-state index contributed by atoms with van der Waals surface area (Å²) >= 11 is 1.42. The van der Waals surface area contributed by atoms with Crippen molar-refractivity contribution >= 4 is 29.7 Å². The molecule has 1 heterocycles. The molecule has 1 aliphatic carbocycles. The van der Waals surface area contributed by atoms with Crippen molar-refractivity contribution in [1.82, 2.24) is 10.2 Å². The lowest BCUT2D eigenvalue weighted by molar-refractivity contribution is -0.144. The van der Waals surface area contributed by atoms with Gasteiger partial charge in [0.1, 0.15) is 6.61 Å². The number of thioether (sulfide) groups is 1. The fourth-order valence-electron chi connectivity index (χ4n) is 4.86. The zero-order valence-electron chi connectivity index (χ0n) is 19.5. The van der Waals surface area contributed by atoms with Crippen LogP contribution >= 0.6 is 11.8 Å². The van der Waals surface area contributed by atoms with Crippen molar-refractivity contribution in [2.75, 3.05) is 37.7 Å². The van der Waals surface area contributed by atoms with Gasteiger partial charge >= 0.3 is 12.1 Å². The quantitative estimate of drug-likeness (QED) is 0.556. The van der Waals surface area contributed by atoms with Gasteiger partial charge in [-0.1, -0.05) is 62.4 Å². The molecule has 1 saturated heterocycles. The molecule has 1 fully saturated rings. The Labute approximate surface area is 203 Å². The minimum Gasteiger partial charge on any atom is -0.481 e. The number of carboxylic acid groups (broad SMARTS) is 1. The van der Waals surface area contributed by atoms with E-state index in [4.69, 9.17) is 4.74 Å². The first-order valence-electron chi connectivity index (χ1n) is 11.4. The molecule has 0 spiro atoms. The van der Waals surface area contributed by atoms with E-state index in [0.717, 1.165) is 0 Å². The third-order valence-corrected chi connectivity index (χ3v) is 7.62. The highest BCUT2D eigenvalue weighted by Crippen LogP contribution is 2.44. The van der Waals surface area contributed by atoms with Crippen LogP contribution < -0.4 is 5.32 Å². The van der Waals surface area contributed by atoms with Crippen molar-refractivity contribution in [3.8, 4) is 11.1 Å². The summed E-state index contributed by atoms with van der Waals surface area (Å²) in [5, 5.41) is 12.1. The van der Waals surface area contributed by atoms with E-state index in [1.807, 2.05) is 38.1 Å². The van der Waals surface area contributed by atoms with E-state index >= 15 is 0 Å². The summed E-state index contributed by atoms with van der Waals surface area (Å²) in [6.45, 7) is 5.11. The second kappa shape index (κ2) is 10.1. The maximum absolute atomic E-state index is 12.4. The lowest BCUT2D eigenvalue weighted by Gasteiger charge is -2.21. The summed E-state index contributed by atoms with van der Waals surface area (Å²) in [5.41, 5.74) is 4.27. The monoisotopic (exact) mass is 482 g/mol. The summed E-state index contributed by atoms with van der Waals surface area (Å²) in [7, 11) is 0. The van der Waals surface area contributed by atoms with Gasteiger partial charge in [-0.25, -0.2) is 4.79 Å². The van der Waals surface area contributed by atoms with Crippen LogP contribution in [-0.2, 0) is 14.3 Å². The molecule has 2 aliphatic rings. The average Bonchev–Trinajstić information content (AvgIpc) is 3.31. The van der Waals surface area contributed by atoms with Crippen LogP contribution in [0.25, 0.3) is 11.1 Å². The smallest absolute Gasteiger partial charge is 0.407 e. The van der Waals surface area contributed by atoms with Gasteiger partial charge in [0.15, 0.2) is 0 Å². The van der Waals surface area contributed by atoms with E-state index in [1.165, 1.54) is 34.0 Å². The summed E-state index contributed by atoms with van der Waals surface area (Å²) in [4.78, 5) is 37.7. The first-order valence-corrected chi connectivity index (χ1v) is 12.6. The van der Waals surface area contributed by atoms with Crippen molar-refractivity contribution in [2.24, 2.45) is 11.3 Å². The van der Waals surface area contributed by atoms with Crippen molar-refractivity contribution < 1.29 is 24.2 Å². The van der Waals surface area contributed by atoms with Gasteiger partial charge in [-0.15, -0.1) is 0 Å². The van der Waals surface area contributed by atoms with E-state index < -0.39 is 23.4 Å². The summed E-state index contributed by atoms with van der Waals surface area (Å²) in [6, 6.07) is 16.4. The van der Waals surface area contributed by atoms with E-state index in [2.05, 4.69) is 29.6 Å². The highest BCUT2D eigenvalue weighted by Gasteiger charge is 2.45. The topological polar surface area (TPSA) is 95.9 Å². The van der Waals surface area contributed by atoms with Crippen LogP contribution in [0.3, 0.4) is 0 Å². The molecular weight excluding hydrogens is 452 g/mol. The maximum Gasteiger partial charge on any atom is 0.407 e. The van der Waals surface area contributed by atoms with Crippen molar-refractivity contribution in [1.29, 1.82) is 0 Å². The second-order valence-corrected chi connectivity index (χ2v) is 10.6. The highest BCUT2D eigenvalue weighted by atomic mass is 32.2. The zero-order valence-corrected chi connectivity index (χ0v) is 20.3. The molecule has 0 radical (unpaired) electrons. The molecule has 1 aliphatic heterocycles. The molecule has 180 valence electrons. The molecule has 4 rings (SSSR count). The number of fused-ring (bicyclic) bond motifs is 3. The van der Waals surface area contributed by atoms with Crippen LogP contribution in [0, 0.1) is 11.3 Å². The van der Waals surface area contributed by atoms with Gasteiger partial charge in [0.05, 0.1) is 11.7 Å². The molecular formula is C26H30N2O5S. The molecule has 34 heavy (non-hydrogen) atoms. The van der Waals surface area contributed by atoms with Gasteiger partial charge in [0, 0.05) is 31.3 Å². The van der Waals surface area contributed by atoms with Gasteiger partial charge in [0.25, 0.3) is 0 Å². The van der Waals surface area contributed by atoms with Crippen LogP contribution in [0.5, 0.6) is 0 Å². The normalized spacial score (nSPS) is 18.3. The molecule has 0 bridgehead atoms. The number of alkyl carbamates (subject to hydrolysis) is 1. The Morgan fingerprint density at radius 3 is 2.29 bits per heavy atom. The van der Waals surface area contributed by atoms with Gasteiger partial charge in [-0.3, -0.25) is 9.59 Å². The van der Waals surface area contributed by atoms with Crippen LogP contribution in [0.1, 0.15) is 30.9 Å². The lowest BCUT2D eigenvalue weighted by Crippen LogP contribution is -2.32. The molecule has 2 N–H and O–H groups in total. The maximum atomic E-state index is 12.4. The van der Waals surface area contributed by atoms with Gasteiger partial charge in [0.2, 0.25) is 5.91 Å².